The fourth-order valence-electron chi connectivity index (χ4n) is 2.76. The van der Waals surface area contributed by atoms with Crippen LogP contribution in [0.1, 0.15) is 12.5 Å². The molecule has 0 spiro atoms. The van der Waals surface area contributed by atoms with Gasteiger partial charge in [-0.2, -0.15) is 0 Å². The monoisotopic (exact) mass is 405 g/mol. The standard InChI is InChI=1S/C23H23N3O4/c1-16(27)25-19-7-5-6-17(14-19)15-24-23(28)26-18-10-12-20(13-11-18)30-22-9-4-3-8-21(22)29-2/h3-14H,15H2,1-2H3,(H,25,27)(H2,24,26,28). The number of rotatable bonds is 7. The average Bonchev–Trinajstić information content (AvgIpc) is 2.74. The lowest BCUT2D eigenvalue weighted by atomic mass is 10.2. The van der Waals surface area contributed by atoms with E-state index in [4.69, 9.17) is 9.47 Å². The zero-order chi connectivity index (χ0) is 21.3. The van der Waals surface area contributed by atoms with Crippen molar-refractivity contribution in [1.29, 1.82) is 0 Å². The lowest BCUT2D eigenvalue weighted by Gasteiger charge is -2.11. The van der Waals surface area contributed by atoms with Gasteiger partial charge in [-0.15, -0.1) is 0 Å². The highest BCUT2D eigenvalue weighted by atomic mass is 16.5. The molecule has 0 aliphatic heterocycles. The molecule has 0 saturated carbocycles. The summed E-state index contributed by atoms with van der Waals surface area (Å²) in [6.07, 6.45) is 0. The van der Waals surface area contributed by atoms with Crippen LogP contribution in [0.3, 0.4) is 0 Å². The van der Waals surface area contributed by atoms with Gasteiger partial charge >= 0.3 is 6.03 Å². The van der Waals surface area contributed by atoms with Gasteiger partial charge in [-0.3, -0.25) is 4.79 Å². The zero-order valence-corrected chi connectivity index (χ0v) is 16.8. The fraction of sp³-hybridized carbons (Fsp3) is 0.130. The van der Waals surface area contributed by atoms with Crippen molar-refractivity contribution in [2.24, 2.45) is 0 Å². The number of nitrogens with one attached hydrogen (secondary N) is 3. The molecule has 3 amide bonds. The molecule has 0 bridgehead atoms. The number of hydrogen-bond acceptors (Lipinski definition) is 4. The van der Waals surface area contributed by atoms with Crippen LogP contribution in [0.5, 0.6) is 17.2 Å². The highest BCUT2D eigenvalue weighted by molar-refractivity contribution is 5.89. The molecule has 0 unspecified atom stereocenters. The van der Waals surface area contributed by atoms with E-state index in [1.807, 2.05) is 42.5 Å². The maximum absolute atomic E-state index is 12.2. The summed E-state index contributed by atoms with van der Waals surface area (Å²) in [4.78, 5) is 23.3. The third kappa shape index (κ3) is 6.00. The number of ether oxygens (including phenoxy) is 2. The lowest BCUT2D eigenvalue weighted by Crippen LogP contribution is -2.28. The van der Waals surface area contributed by atoms with Crippen LogP contribution < -0.4 is 25.4 Å². The van der Waals surface area contributed by atoms with Gasteiger partial charge in [-0.1, -0.05) is 24.3 Å². The van der Waals surface area contributed by atoms with Crippen LogP contribution in [-0.4, -0.2) is 19.0 Å². The third-order valence-electron chi connectivity index (χ3n) is 4.11. The van der Waals surface area contributed by atoms with E-state index in [-0.39, 0.29) is 11.9 Å². The molecule has 0 heterocycles. The van der Waals surface area contributed by atoms with Gasteiger partial charge in [0.1, 0.15) is 5.75 Å². The predicted octanol–water partition coefficient (Wildman–Crippen LogP) is 4.77. The molecule has 154 valence electrons. The van der Waals surface area contributed by atoms with Gasteiger partial charge in [-0.05, 0) is 54.1 Å². The van der Waals surface area contributed by atoms with Crippen LogP contribution in [0.15, 0.2) is 72.8 Å². The van der Waals surface area contributed by atoms with Crippen molar-refractivity contribution in [3.63, 3.8) is 0 Å². The SMILES string of the molecule is COc1ccccc1Oc1ccc(NC(=O)NCc2cccc(NC(C)=O)c2)cc1. The minimum absolute atomic E-state index is 0.143. The molecule has 0 aliphatic rings. The molecule has 30 heavy (non-hydrogen) atoms. The Morgan fingerprint density at radius 3 is 2.27 bits per heavy atom. The molecule has 0 fully saturated rings. The van der Waals surface area contributed by atoms with E-state index >= 15 is 0 Å². The Labute approximate surface area is 175 Å². The van der Waals surface area contributed by atoms with E-state index in [2.05, 4.69) is 16.0 Å². The molecule has 0 aliphatic carbocycles. The Hall–Kier alpha value is -4.00. The first-order valence-corrected chi connectivity index (χ1v) is 9.36. The maximum Gasteiger partial charge on any atom is 0.319 e. The Morgan fingerprint density at radius 1 is 0.833 bits per heavy atom. The summed E-state index contributed by atoms with van der Waals surface area (Å²) >= 11 is 0. The second-order valence-electron chi connectivity index (χ2n) is 6.47. The molecule has 0 radical (unpaired) electrons. The van der Waals surface area contributed by atoms with Crippen LogP contribution in [0.25, 0.3) is 0 Å². The molecule has 3 rings (SSSR count). The molecular weight excluding hydrogens is 382 g/mol. The Morgan fingerprint density at radius 2 is 1.57 bits per heavy atom. The van der Waals surface area contributed by atoms with Crippen LogP contribution in [0.2, 0.25) is 0 Å². The van der Waals surface area contributed by atoms with Crippen molar-refractivity contribution in [2.45, 2.75) is 13.5 Å². The number of hydrogen-bond donors (Lipinski definition) is 3. The smallest absolute Gasteiger partial charge is 0.319 e. The zero-order valence-electron chi connectivity index (χ0n) is 16.8. The first-order valence-electron chi connectivity index (χ1n) is 9.36. The number of methoxy groups -OCH3 is 1. The van der Waals surface area contributed by atoms with E-state index in [9.17, 15) is 9.59 Å². The van der Waals surface area contributed by atoms with Crippen molar-refractivity contribution in [3.8, 4) is 17.2 Å². The molecular formula is C23H23N3O4. The van der Waals surface area contributed by atoms with Crippen LogP contribution >= 0.6 is 0 Å². The third-order valence-corrected chi connectivity index (χ3v) is 4.11. The number of anilines is 2. The van der Waals surface area contributed by atoms with E-state index in [1.165, 1.54) is 6.92 Å². The summed E-state index contributed by atoms with van der Waals surface area (Å²) in [6.45, 7) is 1.78. The fourth-order valence-corrected chi connectivity index (χ4v) is 2.76. The van der Waals surface area contributed by atoms with Crippen LogP contribution in [0, 0.1) is 0 Å². The average molecular weight is 405 g/mol. The number of para-hydroxylation sites is 2. The maximum atomic E-state index is 12.2. The van der Waals surface area contributed by atoms with Crippen molar-refractivity contribution in [1.82, 2.24) is 5.32 Å². The quantitative estimate of drug-likeness (QED) is 0.528. The largest absolute Gasteiger partial charge is 0.493 e. The van der Waals surface area contributed by atoms with Crippen LogP contribution in [-0.2, 0) is 11.3 Å². The molecule has 7 nitrogen and oxygen atoms in total. The van der Waals surface area contributed by atoms with Gasteiger partial charge in [0, 0.05) is 24.8 Å². The van der Waals surface area contributed by atoms with Gasteiger partial charge in [0.2, 0.25) is 5.91 Å². The van der Waals surface area contributed by atoms with E-state index in [0.717, 1.165) is 5.56 Å². The van der Waals surface area contributed by atoms with Gasteiger partial charge in [0.25, 0.3) is 0 Å². The van der Waals surface area contributed by atoms with Gasteiger partial charge in [0.05, 0.1) is 7.11 Å². The summed E-state index contributed by atoms with van der Waals surface area (Å²) in [6, 6.07) is 21.4. The second-order valence-corrected chi connectivity index (χ2v) is 6.47. The Balaban J connectivity index is 1.53. The first-order chi connectivity index (χ1) is 14.5. The summed E-state index contributed by atoms with van der Waals surface area (Å²) in [5.41, 5.74) is 2.19. The minimum Gasteiger partial charge on any atom is -0.493 e. The van der Waals surface area contributed by atoms with E-state index in [1.54, 1.807) is 37.4 Å². The molecule has 0 atom stereocenters. The molecule has 0 aromatic heterocycles. The highest BCUT2D eigenvalue weighted by Gasteiger charge is 2.06. The number of carbonyl (C=O) groups is 2. The lowest BCUT2D eigenvalue weighted by molar-refractivity contribution is -0.114. The molecule has 7 heteroatoms. The summed E-state index contributed by atoms with van der Waals surface area (Å²) < 4.78 is 11.1. The molecule has 3 aromatic carbocycles. The van der Waals surface area contributed by atoms with Crippen molar-refractivity contribution < 1.29 is 19.1 Å². The van der Waals surface area contributed by atoms with Crippen molar-refractivity contribution >= 4 is 23.3 Å². The molecule has 3 N–H and O–H groups in total. The predicted molar refractivity (Wildman–Crippen MR) is 116 cm³/mol. The highest BCUT2D eigenvalue weighted by Crippen LogP contribution is 2.31. The Bertz CT molecular complexity index is 1020. The van der Waals surface area contributed by atoms with Crippen molar-refractivity contribution in [3.05, 3.63) is 78.4 Å². The van der Waals surface area contributed by atoms with E-state index < -0.39 is 0 Å². The summed E-state index contributed by atoms with van der Waals surface area (Å²) in [7, 11) is 1.59. The normalized spacial score (nSPS) is 10.1. The molecule has 3 aromatic rings. The van der Waals surface area contributed by atoms with Gasteiger partial charge < -0.3 is 25.4 Å². The van der Waals surface area contributed by atoms with Crippen LogP contribution in [0.4, 0.5) is 16.2 Å². The number of benzene rings is 3. The van der Waals surface area contributed by atoms with E-state index in [0.29, 0.717) is 35.2 Å². The number of carbonyl (C=O) groups excluding carboxylic acids is 2. The summed E-state index contributed by atoms with van der Waals surface area (Å²) in [5.74, 6) is 1.73. The number of amides is 3. The minimum atomic E-state index is -0.335. The number of urea groups is 1. The topological polar surface area (TPSA) is 88.7 Å². The first kappa shape index (κ1) is 20.7. The van der Waals surface area contributed by atoms with Gasteiger partial charge in [-0.25, -0.2) is 4.79 Å². The summed E-state index contributed by atoms with van der Waals surface area (Å²) in [5, 5.41) is 8.27. The molecule has 0 saturated heterocycles. The second kappa shape index (κ2) is 9.97. The van der Waals surface area contributed by atoms with Gasteiger partial charge in [0.15, 0.2) is 11.5 Å². The van der Waals surface area contributed by atoms with Crippen molar-refractivity contribution in [2.75, 3.05) is 17.7 Å². The Kier molecular flexibility index (Phi) is 6.89.